The first-order valence-corrected chi connectivity index (χ1v) is 5.57. The molecule has 0 bridgehead atoms. The fourth-order valence-corrected chi connectivity index (χ4v) is 2.25. The van der Waals surface area contributed by atoms with Crippen LogP contribution in [0.1, 0.15) is 23.6 Å². The van der Waals surface area contributed by atoms with E-state index in [-0.39, 0.29) is 17.6 Å². The summed E-state index contributed by atoms with van der Waals surface area (Å²) in [6, 6.07) is 5.10. The number of nitriles is 1. The van der Waals surface area contributed by atoms with Gasteiger partial charge in [0, 0.05) is 0 Å². The van der Waals surface area contributed by atoms with E-state index in [1.807, 2.05) is 6.07 Å². The van der Waals surface area contributed by atoms with Crippen molar-refractivity contribution in [3.8, 4) is 11.8 Å². The summed E-state index contributed by atoms with van der Waals surface area (Å²) in [5, 5.41) is 18.4. The van der Waals surface area contributed by atoms with Crippen LogP contribution in [0.3, 0.4) is 0 Å². The maximum atomic E-state index is 11.6. The Morgan fingerprint density at radius 3 is 3.00 bits per heavy atom. The van der Waals surface area contributed by atoms with Crippen molar-refractivity contribution >= 4 is 5.97 Å². The van der Waals surface area contributed by atoms with Crippen molar-refractivity contribution in [1.82, 2.24) is 0 Å². The highest BCUT2D eigenvalue weighted by Crippen LogP contribution is 2.33. The van der Waals surface area contributed by atoms with Crippen molar-refractivity contribution in [2.75, 3.05) is 6.61 Å². The zero-order chi connectivity index (χ0) is 12.4. The molecule has 0 aromatic heterocycles. The topological polar surface area (TPSA) is 70.3 Å². The number of benzene rings is 1. The standard InChI is InChI=1S/C13H13NO3/c1-2-17-13(16)9-3-8-4-11(15)5-10(7-14)12(8)6-9/h4-5,9,15H,2-3,6H2,1H3. The van der Waals surface area contributed by atoms with Gasteiger partial charge in [-0.15, -0.1) is 0 Å². The van der Waals surface area contributed by atoms with Crippen LogP contribution in [0.5, 0.6) is 5.75 Å². The SMILES string of the molecule is CCOC(=O)C1Cc2cc(O)cc(C#N)c2C1. The first-order valence-electron chi connectivity index (χ1n) is 5.57. The van der Waals surface area contributed by atoms with Crippen molar-refractivity contribution in [2.24, 2.45) is 5.92 Å². The van der Waals surface area contributed by atoms with Crippen LogP contribution < -0.4 is 0 Å². The Kier molecular flexibility index (Phi) is 3.01. The Hall–Kier alpha value is -2.02. The van der Waals surface area contributed by atoms with E-state index < -0.39 is 0 Å². The number of phenolic OH excluding ortho intramolecular Hbond substituents is 1. The van der Waals surface area contributed by atoms with Crippen LogP contribution in [0, 0.1) is 17.2 Å². The highest BCUT2D eigenvalue weighted by atomic mass is 16.5. The Labute approximate surface area is 99.4 Å². The summed E-state index contributed by atoms with van der Waals surface area (Å²) in [6.45, 7) is 2.13. The molecular formula is C13H13NO3. The molecular weight excluding hydrogens is 218 g/mol. The van der Waals surface area contributed by atoms with Crippen LogP contribution in [0.4, 0.5) is 0 Å². The Bertz CT molecular complexity index is 502. The molecule has 0 heterocycles. The van der Waals surface area contributed by atoms with Crippen LogP contribution in [0.25, 0.3) is 0 Å². The van der Waals surface area contributed by atoms with E-state index in [2.05, 4.69) is 0 Å². The quantitative estimate of drug-likeness (QED) is 0.784. The van der Waals surface area contributed by atoms with Gasteiger partial charge in [0.15, 0.2) is 0 Å². The molecule has 88 valence electrons. The minimum Gasteiger partial charge on any atom is -0.508 e. The highest BCUT2D eigenvalue weighted by molar-refractivity contribution is 5.75. The van der Waals surface area contributed by atoms with Gasteiger partial charge < -0.3 is 9.84 Å². The predicted octanol–water partition coefficient (Wildman–Crippen LogP) is 1.54. The van der Waals surface area contributed by atoms with Crippen molar-refractivity contribution in [3.63, 3.8) is 0 Å². The van der Waals surface area contributed by atoms with E-state index in [1.165, 1.54) is 6.07 Å². The number of carbonyl (C=O) groups excluding carboxylic acids is 1. The van der Waals surface area contributed by atoms with Gasteiger partial charge in [0.05, 0.1) is 24.2 Å². The van der Waals surface area contributed by atoms with Crippen LogP contribution in [0.15, 0.2) is 12.1 Å². The van der Waals surface area contributed by atoms with E-state index in [1.54, 1.807) is 13.0 Å². The van der Waals surface area contributed by atoms with Gasteiger partial charge in [-0.3, -0.25) is 4.79 Å². The molecule has 4 heteroatoms. The molecule has 1 atom stereocenters. The number of carbonyl (C=O) groups is 1. The minimum absolute atomic E-state index is 0.0739. The first kappa shape index (κ1) is 11.5. The number of esters is 1. The lowest BCUT2D eigenvalue weighted by Crippen LogP contribution is -2.17. The second kappa shape index (κ2) is 4.46. The van der Waals surface area contributed by atoms with Crippen molar-refractivity contribution in [2.45, 2.75) is 19.8 Å². The zero-order valence-electron chi connectivity index (χ0n) is 9.56. The Balaban J connectivity index is 2.28. The lowest BCUT2D eigenvalue weighted by Gasteiger charge is -2.07. The summed E-state index contributed by atoms with van der Waals surface area (Å²) in [5.41, 5.74) is 2.19. The Morgan fingerprint density at radius 2 is 2.35 bits per heavy atom. The molecule has 1 aromatic rings. The number of rotatable bonds is 2. The van der Waals surface area contributed by atoms with E-state index >= 15 is 0 Å². The molecule has 1 unspecified atom stereocenters. The lowest BCUT2D eigenvalue weighted by molar-refractivity contribution is -0.147. The van der Waals surface area contributed by atoms with Crippen LogP contribution >= 0.6 is 0 Å². The molecule has 4 nitrogen and oxygen atoms in total. The third-order valence-corrected chi connectivity index (χ3v) is 2.98. The second-order valence-electron chi connectivity index (χ2n) is 4.10. The van der Waals surface area contributed by atoms with E-state index in [4.69, 9.17) is 10.00 Å². The summed E-state index contributed by atoms with van der Waals surface area (Å²) in [5.74, 6) is -0.379. The number of ether oxygens (including phenoxy) is 1. The number of hydrogen-bond donors (Lipinski definition) is 1. The van der Waals surface area contributed by atoms with Crippen molar-refractivity contribution < 1.29 is 14.6 Å². The smallest absolute Gasteiger partial charge is 0.309 e. The maximum Gasteiger partial charge on any atom is 0.309 e. The van der Waals surface area contributed by atoms with Gasteiger partial charge in [0.25, 0.3) is 0 Å². The van der Waals surface area contributed by atoms with Gasteiger partial charge in [-0.2, -0.15) is 5.26 Å². The molecule has 0 saturated heterocycles. The molecule has 0 amide bonds. The third kappa shape index (κ3) is 2.09. The summed E-state index contributed by atoms with van der Waals surface area (Å²) >= 11 is 0. The van der Waals surface area contributed by atoms with Crippen LogP contribution in [0.2, 0.25) is 0 Å². The highest BCUT2D eigenvalue weighted by Gasteiger charge is 2.30. The summed E-state index contributed by atoms with van der Waals surface area (Å²) in [4.78, 5) is 11.6. The molecule has 0 aliphatic heterocycles. The van der Waals surface area contributed by atoms with Gasteiger partial charge in [0.1, 0.15) is 5.75 Å². The fourth-order valence-electron chi connectivity index (χ4n) is 2.25. The van der Waals surface area contributed by atoms with Gasteiger partial charge >= 0.3 is 5.97 Å². The third-order valence-electron chi connectivity index (χ3n) is 2.98. The number of aromatic hydroxyl groups is 1. The molecule has 1 aliphatic rings. The lowest BCUT2D eigenvalue weighted by atomic mass is 10.0. The predicted molar refractivity (Wildman–Crippen MR) is 60.4 cm³/mol. The van der Waals surface area contributed by atoms with Crippen LogP contribution in [-0.2, 0) is 22.4 Å². The molecule has 0 radical (unpaired) electrons. The summed E-state index contributed by atoms with van der Waals surface area (Å²) < 4.78 is 4.98. The molecule has 1 aliphatic carbocycles. The van der Waals surface area contributed by atoms with Gasteiger partial charge in [-0.05, 0) is 43.0 Å². The van der Waals surface area contributed by atoms with E-state index in [0.717, 1.165) is 11.1 Å². The molecule has 0 saturated carbocycles. The summed E-state index contributed by atoms with van der Waals surface area (Å²) in [7, 11) is 0. The number of hydrogen-bond acceptors (Lipinski definition) is 4. The van der Waals surface area contributed by atoms with Gasteiger partial charge in [0.2, 0.25) is 0 Å². The van der Waals surface area contributed by atoms with E-state index in [0.29, 0.717) is 25.0 Å². The monoisotopic (exact) mass is 231 g/mol. The molecule has 0 spiro atoms. The molecule has 17 heavy (non-hydrogen) atoms. The number of phenols is 1. The van der Waals surface area contributed by atoms with Gasteiger partial charge in [-0.25, -0.2) is 0 Å². The minimum atomic E-state index is -0.230. The normalized spacial score (nSPS) is 17.3. The second-order valence-corrected chi connectivity index (χ2v) is 4.10. The fraction of sp³-hybridized carbons (Fsp3) is 0.385. The maximum absolute atomic E-state index is 11.6. The van der Waals surface area contributed by atoms with Crippen LogP contribution in [-0.4, -0.2) is 17.7 Å². The molecule has 2 rings (SSSR count). The average molecular weight is 231 g/mol. The Morgan fingerprint density at radius 1 is 1.59 bits per heavy atom. The average Bonchev–Trinajstić information content (AvgIpc) is 2.71. The van der Waals surface area contributed by atoms with Gasteiger partial charge in [-0.1, -0.05) is 0 Å². The van der Waals surface area contributed by atoms with Crippen molar-refractivity contribution in [3.05, 3.63) is 28.8 Å². The number of fused-ring (bicyclic) bond motifs is 1. The molecule has 0 fully saturated rings. The van der Waals surface area contributed by atoms with E-state index in [9.17, 15) is 9.90 Å². The largest absolute Gasteiger partial charge is 0.508 e. The molecule has 1 N–H and O–H groups in total. The zero-order valence-corrected chi connectivity index (χ0v) is 9.56. The number of nitrogens with zero attached hydrogens (tertiary/aromatic N) is 1. The summed E-state index contributed by atoms with van der Waals surface area (Å²) in [6.07, 6.45) is 1.06. The first-order chi connectivity index (χ1) is 8.15. The van der Waals surface area contributed by atoms with Crippen molar-refractivity contribution in [1.29, 1.82) is 5.26 Å². The molecule has 1 aromatic carbocycles.